The van der Waals surface area contributed by atoms with Crippen LogP contribution in [0.15, 0.2) is 45.9 Å². The van der Waals surface area contributed by atoms with Gasteiger partial charge in [0.2, 0.25) is 0 Å². The van der Waals surface area contributed by atoms with Crippen LogP contribution in [0.25, 0.3) is 10.9 Å². The third-order valence-electron chi connectivity index (χ3n) is 3.77. The summed E-state index contributed by atoms with van der Waals surface area (Å²) in [5.41, 5.74) is 5.71. The zero-order valence-electron chi connectivity index (χ0n) is 12.8. The van der Waals surface area contributed by atoms with E-state index in [1.165, 1.54) is 0 Å². The monoisotopic (exact) mass is 295 g/mol. The van der Waals surface area contributed by atoms with Crippen molar-refractivity contribution in [1.29, 1.82) is 0 Å². The van der Waals surface area contributed by atoms with E-state index in [1.807, 2.05) is 32.2 Å². The summed E-state index contributed by atoms with van der Waals surface area (Å²) < 4.78 is 7.36. The minimum absolute atomic E-state index is 0.254. The minimum atomic E-state index is -0.359. The number of carbonyl (C=O) groups excluding carboxylic acids is 1. The van der Waals surface area contributed by atoms with Crippen molar-refractivity contribution in [1.82, 2.24) is 9.99 Å². The van der Waals surface area contributed by atoms with Crippen LogP contribution in [-0.4, -0.2) is 16.7 Å². The van der Waals surface area contributed by atoms with Crippen LogP contribution in [0.5, 0.6) is 0 Å². The fraction of sp³-hybridized carbons (Fsp3) is 0.176. The first-order chi connectivity index (χ1) is 10.6. The summed E-state index contributed by atoms with van der Waals surface area (Å²) in [4.78, 5) is 11.9. The van der Waals surface area contributed by atoms with Gasteiger partial charge in [-0.3, -0.25) is 4.79 Å². The molecule has 0 spiro atoms. The number of carbonyl (C=O) groups is 1. The number of hydrogen-bond donors (Lipinski definition) is 1. The van der Waals surface area contributed by atoms with Gasteiger partial charge in [-0.2, -0.15) is 5.10 Å². The molecular weight excluding hydrogens is 278 g/mol. The Balaban J connectivity index is 1.84. The molecule has 0 radical (unpaired) electrons. The predicted octanol–water partition coefficient (Wildman–Crippen LogP) is 3.15. The van der Waals surface area contributed by atoms with Crippen LogP contribution in [0.2, 0.25) is 0 Å². The van der Waals surface area contributed by atoms with E-state index >= 15 is 0 Å². The van der Waals surface area contributed by atoms with Gasteiger partial charge in [0, 0.05) is 29.2 Å². The Bertz CT molecular complexity index is 871. The molecule has 1 amide bonds. The van der Waals surface area contributed by atoms with Crippen molar-refractivity contribution in [3.8, 4) is 0 Å². The molecule has 0 unspecified atom stereocenters. The van der Waals surface area contributed by atoms with Crippen molar-refractivity contribution in [3.05, 3.63) is 59.2 Å². The smallest absolute Gasteiger partial charge is 0.307 e. The summed E-state index contributed by atoms with van der Waals surface area (Å²) >= 11 is 0. The zero-order chi connectivity index (χ0) is 15.7. The standard InChI is InChI=1S/C17H17N3O2/c1-11-8-9-16(22-11)17(21)19-18-10-14-12(2)20(3)15-7-5-4-6-13(14)15/h4-10H,1-3H3,(H,19,21)/b18-10+. The lowest BCUT2D eigenvalue weighted by atomic mass is 10.1. The normalized spacial score (nSPS) is 11.4. The van der Waals surface area contributed by atoms with Gasteiger partial charge in [-0.25, -0.2) is 5.43 Å². The lowest BCUT2D eigenvalue weighted by Crippen LogP contribution is -2.16. The van der Waals surface area contributed by atoms with Crippen LogP contribution in [0, 0.1) is 13.8 Å². The van der Waals surface area contributed by atoms with E-state index in [-0.39, 0.29) is 11.7 Å². The highest BCUT2D eigenvalue weighted by Crippen LogP contribution is 2.22. The van der Waals surface area contributed by atoms with Crippen molar-refractivity contribution in [2.45, 2.75) is 13.8 Å². The average Bonchev–Trinajstić information content (AvgIpc) is 3.05. The number of rotatable bonds is 3. The van der Waals surface area contributed by atoms with Gasteiger partial charge in [-0.05, 0) is 32.0 Å². The van der Waals surface area contributed by atoms with Crippen molar-refractivity contribution in [3.63, 3.8) is 0 Å². The number of para-hydroxylation sites is 1. The van der Waals surface area contributed by atoms with E-state index in [2.05, 4.69) is 21.2 Å². The Hall–Kier alpha value is -2.82. The third kappa shape index (κ3) is 2.41. The van der Waals surface area contributed by atoms with Gasteiger partial charge in [0.05, 0.1) is 6.21 Å². The van der Waals surface area contributed by atoms with Crippen LogP contribution < -0.4 is 5.43 Å². The molecule has 0 fully saturated rings. The van der Waals surface area contributed by atoms with Crippen molar-refractivity contribution >= 4 is 23.0 Å². The molecule has 2 heterocycles. The molecule has 3 rings (SSSR count). The second kappa shape index (κ2) is 5.52. The van der Waals surface area contributed by atoms with Gasteiger partial charge in [-0.15, -0.1) is 0 Å². The average molecular weight is 295 g/mol. The minimum Gasteiger partial charge on any atom is -0.456 e. The van der Waals surface area contributed by atoms with Gasteiger partial charge >= 0.3 is 5.91 Å². The Labute approximate surface area is 128 Å². The maximum Gasteiger partial charge on any atom is 0.307 e. The summed E-state index contributed by atoms with van der Waals surface area (Å²) in [6, 6.07) is 11.5. The highest BCUT2D eigenvalue weighted by atomic mass is 16.3. The Kier molecular flexibility index (Phi) is 3.55. The Morgan fingerprint density at radius 1 is 1.23 bits per heavy atom. The molecule has 0 aliphatic carbocycles. The number of aromatic nitrogens is 1. The van der Waals surface area contributed by atoms with Crippen LogP contribution in [-0.2, 0) is 7.05 Å². The number of hydrazone groups is 1. The highest BCUT2D eigenvalue weighted by molar-refractivity contribution is 6.01. The SMILES string of the molecule is Cc1ccc(C(=O)N/N=C/c2c(C)n(C)c3ccccc23)o1. The Morgan fingerprint density at radius 3 is 2.73 bits per heavy atom. The summed E-state index contributed by atoms with van der Waals surface area (Å²) in [5.74, 6) is 0.588. The lowest BCUT2D eigenvalue weighted by molar-refractivity contribution is 0.0926. The molecule has 0 saturated heterocycles. The topological polar surface area (TPSA) is 59.5 Å². The second-order valence-corrected chi connectivity index (χ2v) is 5.18. The molecule has 0 bridgehead atoms. The second-order valence-electron chi connectivity index (χ2n) is 5.18. The summed E-state index contributed by atoms with van der Waals surface area (Å²) in [6.07, 6.45) is 1.67. The molecule has 3 aromatic rings. The van der Waals surface area contributed by atoms with Crippen LogP contribution in [0.3, 0.4) is 0 Å². The maximum absolute atomic E-state index is 11.9. The van der Waals surface area contributed by atoms with Gasteiger partial charge in [0.25, 0.3) is 0 Å². The number of furan rings is 1. The fourth-order valence-corrected chi connectivity index (χ4v) is 2.48. The molecule has 22 heavy (non-hydrogen) atoms. The van der Waals surface area contributed by atoms with E-state index in [1.54, 1.807) is 25.3 Å². The van der Waals surface area contributed by atoms with Crippen LogP contribution in [0.1, 0.15) is 27.6 Å². The molecule has 0 saturated carbocycles. The number of benzene rings is 1. The summed E-state index contributed by atoms with van der Waals surface area (Å²) in [5, 5.41) is 5.16. The first-order valence-corrected chi connectivity index (χ1v) is 7.02. The van der Waals surface area contributed by atoms with E-state index in [0.717, 1.165) is 22.2 Å². The van der Waals surface area contributed by atoms with E-state index in [0.29, 0.717) is 5.76 Å². The van der Waals surface area contributed by atoms with Crippen LogP contribution >= 0.6 is 0 Å². The predicted molar refractivity (Wildman–Crippen MR) is 86.2 cm³/mol. The van der Waals surface area contributed by atoms with E-state index in [4.69, 9.17) is 4.42 Å². The largest absolute Gasteiger partial charge is 0.456 e. The highest BCUT2D eigenvalue weighted by Gasteiger charge is 2.11. The van der Waals surface area contributed by atoms with Crippen LogP contribution in [0.4, 0.5) is 0 Å². The molecule has 1 aromatic carbocycles. The fourth-order valence-electron chi connectivity index (χ4n) is 2.48. The van der Waals surface area contributed by atoms with Crippen molar-refractivity contribution in [2.24, 2.45) is 12.1 Å². The first kappa shape index (κ1) is 14.1. The third-order valence-corrected chi connectivity index (χ3v) is 3.77. The molecule has 1 N–H and O–H groups in total. The van der Waals surface area contributed by atoms with Gasteiger partial charge < -0.3 is 8.98 Å². The molecule has 2 aromatic heterocycles. The van der Waals surface area contributed by atoms with Crippen molar-refractivity contribution < 1.29 is 9.21 Å². The number of aryl methyl sites for hydroxylation is 2. The van der Waals surface area contributed by atoms with E-state index < -0.39 is 0 Å². The lowest BCUT2D eigenvalue weighted by Gasteiger charge is -1.98. The number of nitrogens with zero attached hydrogens (tertiary/aromatic N) is 2. The van der Waals surface area contributed by atoms with Gasteiger partial charge in [0.15, 0.2) is 5.76 Å². The molecule has 5 nitrogen and oxygen atoms in total. The first-order valence-electron chi connectivity index (χ1n) is 7.02. The number of hydrogen-bond acceptors (Lipinski definition) is 3. The summed E-state index contributed by atoms with van der Waals surface area (Å²) in [7, 11) is 2.01. The van der Waals surface area contributed by atoms with Gasteiger partial charge in [0.1, 0.15) is 5.76 Å². The number of amides is 1. The zero-order valence-corrected chi connectivity index (χ0v) is 12.8. The van der Waals surface area contributed by atoms with Crippen molar-refractivity contribution in [2.75, 3.05) is 0 Å². The molecule has 0 aliphatic heterocycles. The quantitative estimate of drug-likeness (QED) is 0.596. The Morgan fingerprint density at radius 2 is 2.00 bits per heavy atom. The number of nitrogens with one attached hydrogen (secondary N) is 1. The summed E-state index contributed by atoms with van der Waals surface area (Å²) in [6.45, 7) is 3.82. The maximum atomic E-state index is 11.9. The van der Waals surface area contributed by atoms with E-state index in [9.17, 15) is 4.79 Å². The number of fused-ring (bicyclic) bond motifs is 1. The molecule has 0 aliphatic rings. The molecule has 5 heteroatoms. The molecular formula is C17H17N3O2. The molecule has 0 atom stereocenters. The van der Waals surface area contributed by atoms with Gasteiger partial charge in [-0.1, -0.05) is 18.2 Å². The molecule has 112 valence electrons.